The minimum Gasteiger partial charge on any atom is -0.469 e. The third-order valence-electron chi connectivity index (χ3n) is 2.08. The van der Waals surface area contributed by atoms with Gasteiger partial charge < -0.3 is 4.74 Å². The van der Waals surface area contributed by atoms with E-state index in [9.17, 15) is 4.79 Å². The van der Waals surface area contributed by atoms with E-state index in [0.717, 1.165) is 5.57 Å². The van der Waals surface area contributed by atoms with Crippen LogP contribution in [0.25, 0.3) is 0 Å². The van der Waals surface area contributed by atoms with Crippen LogP contribution in [0.3, 0.4) is 0 Å². The van der Waals surface area contributed by atoms with E-state index < -0.39 is 0 Å². The number of rotatable bonds is 4. The summed E-state index contributed by atoms with van der Waals surface area (Å²) in [6, 6.07) is 0. The van der Waals surface area contributed by atoms with Gasteiger partial charge in [-0.2, -0.15) is 0 Å². The molecule has 1 atom stereocenters. The van der Waals surface area contributed by atoms with E-state index in [2.05, 4.69) is 25.2 Å². The first-order chi connectivity index (χ1) is 5.49. The lowest BCUT2D eigenvalue weighted by Gasteiger charge is -2.16. The van der Waals surface area contributed by atoms with Gasteiger partial charge in [-0.05, 0) is 11.8 Å². The predicted molar refractivity (Wildman–Crippen MR) is 49.8 cm³/mol. The molecule has 70 valence electrons. The number of allylic oxidation sites excluding steroid dienone is 1. The summed E-state index contributed by atoms with van der Waals surface area (Å²) >= 11 is 0. The van der Waals surface area contributed by atoms with E-state index in [-0.39, 0.29) is 11.9 Å². The molecule has 0 saturated carbocycles. The Morgan fingerprint density at radius 2 is 1.92 bits per heavy atom. The first-order valence-electron chi connectivity index (χ1n) is 4.24. The summed E-state index contributed by atoms with van der Waals surface area (Å²) in [7, 11) is 1.41. The normalized spacial score (nSPS) is 12.8. The Hall–Kier alpha value is -0.790. The number of carbonyl (C=O) groups excluding carboxylic acids is 1. The molecule has 0 spiro atoms. The molecule has 0 radical (unpaired) electrons. The molecule has 12 heavy (non-hydrogen) atoms. The molecule has 0 aliphatic carbocycles. The van der Waals surface area contributed by atoms with Crippen LogP contribution < -0.4 is 0 Å². The number of carbonyl (C=O) groups is 1. The van der Waals surface area contributed by atoms with Gasteiger partial charge in [-0.15, -0.1) is 0 Å². The molecule has 0 aromatic heterocycles. The second-order valence-corrected chi connectivity index (χ2v) is 3.41. The van der Waals surface area contributed by atoms with Crippen LogP contribution in [-0.2, 0) is 9.53 Å². The van der Waals surface area contributed by atoms with Crippen molar-refractivity contribution in [2.24, 2.45) is 11.8 Å². The predicted octanol–water partition coefficient (Wildman–Crippen LogP) is 2.40. The summed E-state index contributed by atoms with van der Waals surface area (Å²) in [5, 5.41) is 0. The molecule has 0 fully saturated rings. The number of esters is 1. The highest BCUT2D eigenvalue weighted by Crippen LogP contribution is 2.20. The summed E-state index contributed by atoms with van der Waals surface area (Å²) in [5.74, 6) is 0.492. The maximum absolute atomic E-state index is 10.9. The second kappa shape index (κ2) is 4.96. The van der Waals surface area contributed by atoms with Crippen LogP contribution >= 0.6 is 0 Å². The first-order valence-corrected chi connectivity index (χ1v) is 4.24. The molecule has 1 unspecified atom stereocenters. The van der Waals surface area contributed by atoms with Gasteiger partial charge in [0.2, 0.25) is 0 Å². The molecule has 0 aromatic rings. The average Bonchev–Trinajstić information content (AvgIpc) is 2.02. The van der Waals surface area contributed by atoms with E-state index >= 15 is 0 Å². The zero-order chi connectivity index (χ0) is 9.72. The maximum Gasteiger partial charge on any atom is 0.306 e. The Labute approximate surface area is 74.6 Å². The fourth-order valence-electron chi connectivity index (χ4n) is 1.03. The highest BCUT2D eigenvalue weighted by Gasteiger charge is 2.14. The quantitative estimate of drug-likeness (QED) is 0.478. The number of hydrogen-bond donors (Lipinski definition) is 0. The average molecular weight is 170 g/mol. The van der Waals surface area contributed by atoms with Crippen LogP contribution in [0.4, 0.5) is 0 Å². The van der Waals surface area contributed by atoms with Crippen molar-refractivity contribution in [1.82, 2.24) is 0 Å². The number of methoxy groups -OCH3 is 1. The fourth-order valence-corrected chi connectivity index (χ4v) is 1.03. The van der Waals surface area contributed by atoms with Crippen molar-refractivity contribution in [2.75, 3.05) is 7.11 Å². The summed E-state index contributed by atoms with van der Waals surface area (Å²) < 4.78 is 4.57. The van der Waals surface area contributed by atoms with Crippen molar-refractivity contribution in [3.8, 4) is 0 Å². The smallest absolute Gasteiger partial charge is 0.306 e. The highest BCUT2D eigenvalue weighted by atomic mass is 16.5. The Morgan fingerprint density at radius 3 is 2.25 bits per heavy atom. The van der Waals surface area contributed by atoms with Crippen LogP contribution in [0.15, 0.2) is 12.2 Å². The molecule has 0 saturated heterocycles. The zero-order valence-electron chi connectivity index (χ0n) is 8.39. The largest absolute Gasteiger partial charge is 0.469 e. The summed E-state index contributed by atoms with van der Waals surface area (Å²) in [6.45, 7) is 10.1. The van der Waals surface area contributed by atoms with Gasteiger partial charge >= 0.3 is 5.97 Å². The standard InChI is InChI=1S/C10H18O2/c1-7(2)9(4)8(3)6-10(11)12-5/h7-8H,4,6H2,1-3,5H3. The second-order valence-electron chi connectivity index (χ2n) is 3.41. The van der Waals surface area contributed by atoms with E-state index in [4.69, 9.17) is 0 Å². The van der Waals surface area contributed by atoms with Crippen LogP contribution in [0.2, 0.25) is 0 Å². The van der Waals surface area contributed by atoms with Crippen molar-refractivity contribution in [1.29, 1.82) is 0 Å². The zero-order valence-corrected chi connectivity index (χ0v) is 8.39. The van der Waals surface area contributed by atoms with Crippen molar-refractivity contribution >= 4 is 5.97 Å². The number of ether oxygens (including phenoxy) is 1. The van der Waals surface area contributed by atoms with Crippen LogP contribution in [-0.4, -0.2) is 13.1 Å². The van der Waals surface area contributed by atoms with Gasteiger partial charge in [-0.3, -0.25) is 4.79 Å². The Balaban J connectivity index is 3.95. The molecule has 0 N–H and O–H groups in total. The van der Waals surface area contributed by atoms with Gasteiger partial charge in [-0.25, -0.2) is 0 Å². The molecular weight excluding hydrogens is 152 g/mol. The van der Waals surface area contributed by atoms with Crippen molar-refractivity contribution in [3.05, 3.63) is 12.2 Å². The van der Waals surface area contributed by atoms with E-state index in [1.807, 2.05) is 6.92 Å². The van der Waals surface area contributed by atoms with E-state index in [1.165, 1.54) is 7.11 Å². The molecule has 0 aromatic carbocycles. The summed E-state index contributed by atoms with van der Waals surface area (Å²) in [5.41, 5.74) is 1.11. The number of hydrogen-bond acceptors (Lipinski definition) is 2. The molecule has 0 aliphatic heterocycles. The third-order valence-corrected chi connectivity index (χ3v) is 2.08. The van der Waals surface area contributed by atoms with E-state index in [0.29, 0.717) is 12.3 Å². The Morgan fingerprint density at radius 1 is 1.42 bits per heavy atom. The maximum atomic E-state index is 10.9. The van der Waals surface area contributed by atoms with Crippen LogP contribution in [0.1, 0.15) is 27.2 Å². The topological polar surface area (TPSA) is 26.3 Å². The minimum absolute atomic E-state index is 0.163. The van der Waals surface area contributed by atoms with Crippen molar-refractivity contribution < 1.29 is 9.53 Å². The lowest BCUT2D eigenvalue weighted by Crippen LogP contribution is -2.11. The van der Waals surface area contributed by atoms with Crippen LogP contribution in [0.5, 0.6) is 0 Å². The van der Waals surface area contributed by atoms with E-state index in [1.54, 1.807) is 0 Å². The van der Waals surface area contributed by atoms with Gasteiger partial charge in [0.05, 0.1) is 13.5 Å². The third kappa shape index (κ3) is 3.56. The SMILES string of the molecule is C=C(C(C)C)C(C)CC(=O)OC. The molecule has 0 aliphatic rings. The van der Waals surface area contributed by atoms with Gasteiger partial charge in [-0.1, -0.05) is 32.9 Å². The Bertz CT molecular complexity index is 171. The monoisotopic (exact) mass is 170 g/mol. The van der Waals surface area contributed by atoms with Crippen molar-refractivity contribution in [3.63, 3.8) is 0 Å². The van der Waals surface area contributed by atoms with Gasteiger partial charge in [0, 0.05) is 0 Å². The van der Waals surface area contributed by atoms with Crippen LogP contribution in [0, 0.1) is 11.8 Å². The first kappa shape index (κ1) is 11.2. The molecular formula is C10H18O2. The minimum atomic E-state index is -0.163. The van der Waals surface area contributed by atoms with Gasteiger partial charge in [0.25, 0.3) is 0 Å². The van der Waals surface area contributed by atoms with Gasteiger partial charge in [0.1, 0.15) is 0 Å². The summed E-state index contributed by atoms with van der Waals surface area (Å²) in [4.78, 5) is 10.9. The summed E-state index contributed by atoms with van der Waals surface area (Å²) in [6.07, 6.45) is 0.438. The lowest BCUT2D eigenvalue weighted by molar-refractivity contribution is -0.141. The fraction of sp³-hybridized carbons (Fsp3) is 0.700. The molecule has 0 heterocycles. The van der Waals surface area contributed by atoms with Gasteiger partial charge in [0.15, 0.2) is 0 Å². The molecule has 0 rings (SSSR count). The molecule has 2 heteroatoms. The lowest BCUT2D eigenvalue weighted by atomic mass is 9.91. The Kier molecular flexibility index (Phi) is 4.64. The molecule has 0 amide bonds. The molecule has 0 bridgehead atoms. The van der Waals surface area contributed by atoms with Crippen molar-refractivity contribution in [2.45, 2.75) is 27.2 Å². The highest BCUT2D eigenvalue weighted by molar-refractivity contribution is 5.69. The molecule has 2 nitrogen and oxygen atoms in total.